The third-order valence-electron chi connectivity index (χ3n) is 2.20. The Morgan fingerprint density at radius 3 is 2.71 bits per heavy atom. The Hall–Kier alpha value is -1.13. The number of rotatable bonds is 3. The Morgan fingerprint density at radius 1 is 1.24 bits per heavy atom. The van der Waals surface area contributed by atoms with Crippen molar-refractivity contribution in [3.8, 4) is 5.75 Å². The van der Waals surface area contributed by atoms with Crippen LogP contribution in [0.2, 0.25) is 5.15 Å². The molecule has 0 fully saturated rings. The van der Waals surface area contributed by atoms with Gasteiger partial charge in [0, 0.05) is 4.47 Å². The second-order valence-corrected chi connectivity index (χ2v) is 4.85. The summed E-state index contributed by atoms with van der Waals surface area (Å²) in [6.45, 7) is 2.38. The number of benzene rings is 1. The van der Waals surface area contributed by atoms with Crippen LogP contribution >= 0.6 is 27.5 Å². The lowest BCUT2D eigenvalue weighted by molar-refractivity contribution is 0.298. The highest BCUT2D eigenvalue weighted by molar-refractivity contribution is 9.10. The summed E-state index contributed by atoms with van der Waals surface area (Å²) < 4.78 is 6.69. The molecular weight excluding hydrogens is 304 g/mol. The van der Waals surface area contributed by atoms with Gasteiger partial charge in [-0.3, -0.25) is 0 Å². The van der Waals surface area contributed by atoms with Crippen LogP contribution in [0, 0.1) is 6.92 Å². The number of nitrogens with zero attached hydrogens (tertiary/aromatic N) is 2. The highest BCUT2D eigenvalue weighted by atomic mass is 79.9. The van der Waals surface area contributed by atoms with Gasteiger partial charge >= 0.3 is 0 Å². The number of aromatic nitrogens is 2. The van der Waals surface area contributed by atoms with Gasteiger partial charge in [0.2, 0.25) is 0 Å². The molecule has 0 amide bonds. The molecule has 2 rings (SSSR count). The van der Waals surface area contributed by atoms with Gasteiger partial charge in [0.05, 0.1) is 0 Å². The van der Waals surface area contributed by atoms with E-state index in [2.05, 4.69) is 26.1 Å². The smallest absolute Gasteiger partial charge is 0.151 e. The Labute approximate surface area is 113 Å². The molecule has 17 heavy (non-hydrogen) atoms. The Kier molecular flexibility index (Phi) is 3.97. The highest BCUT2D eigenvalue weighted by Gasteiger charge is 2.02. The van der Waals surface area contributed by atoms with E-state index < -0.39 is 0 Å². The van der Waals surface area contributed by atoms with Gasteiger partial charge < -0.3 is 4.74 Å². The van der Waals surface area contributed by atoms with Crippen LogP contribution in [0.3, 0.4) is 0 Å². The van der Waals surface area contributed by atoms with Crippen molar-refractivity contribution >= 4 is 27.5 Å². The second-order valence-electron chi connectivity index (χ2n) is 3.55. The molecule has 88 valence electrons. The van der Waals surface area contributed by atoms with E-state index in [1.807, 2.05) is 25.1 Å². The molecular formula is C12H10BrClN2O. The SMILES string of the molecule is Cc1cc(Br)ccc1OCc1ccc(Cl)nn1. The normalized spacial score (nSPS) is 10.3. The van der Waals surface area contributed by atoms with Crippen molar-refractivity contribution in [3.05, 3.63) is 51.2 Å². The lowest BCUT2D eigenvalue weighted by atomic mass is 10.2. The minimum absolute atomic E-state index is 0.382. The standard InChI is InChI=1S/C12H10BrClN2O/c1-8-6-9(13)2-4-11(8)17-7-10-3-5-12(14)16-15-10/h2-6H,7H2,1H3. The molecule has 0 atom stereocenters. The molecule has 0 spiro atoms. The van der Waals surface area contributed by atoms with Gasteiger partial charge in [-0.2, -0.15) is 5.10 Å². The molecule has 0 saturated heterocycles. The fourth-order valence-electron chi connectivity index (χ4n) is 1.35. The largest absolute Gasteiger partial charge is 0.487 e. The molecule has 0 unspecified atom stereocenters. The molecule has 0 radical (unpaired) electrons. The maximum Gasteiger partial charge on any atom is 0.151 e. The number of aryl methyl sites for hydroxylation is 1. The first-order valence-corrected chi connectivity index (χ1v) is 6.19. The van der Waals surface area contributed by atoms with Crippen molar-refractivity contribution in [1.82, 2.24) is 10.2 Å². The number of ether oxygens (including phenoxy) is 1. The van der Waals surface area contributed by atoms with Crippen LogP contribution in [0.1, 0.15) is 11.3 Å². The molecule has 0 saturated carbocycles. The third kappa shape index (κ3) is 3.41. The van der Waals surface area contributed by atoms with Crippen molar-refractivity contribution < 1.29 is 4.74 Å². The molecule has 0 bridgehead atoms. The van der Waals surface area contributed by atoms with E-state index in [4.69, 9.17) is 16.3 Å². The summed E-state index contributed by atoms with van der Waals surface area (Å²) in [6.07, 6.45) is 0. The van der Waals surface area contributed by atoms with Gasteiger partial charge in [0.15, 0.2) is 5.15 Å². The summed E-state index contributed by atoms with van der Waals surface area (Å²) in [5.74, 6) is 0.838. The molecule has 5 heteroatoms. The first kappa shape index (κ1) is 12.3. The van der Waals surface area contributed by atoms with Gasteiger partial charge in [-0.1, -0.05) is 27.5 Å². The van der Waals surface area contributed by atoms with Crippen molar-refractivity contribution in [2.24, 2.45) is 0 Å². The minimum Gasteiger partial charge on any atom is -0.487 e. The zero-order valence-electron chi connectivity index (χ0n) is 9.15. The van der Waals surface area contributed by atoms with Crippen molar-refractivity contribution in [1.29, 1.82) is 0 Å². The van der Waals surface area contributed by atoms with Gasteiger partial charge in [0.1, 0.15) is 18.1 Å². The zero-order chi connectivity index (χ0) is 12.3. The number of hydrogen-bond acceptors (Lipinski definition) is 3. The Bertz CT molecular complexity index is 516. The maximum atomic E-state index is 5.65. The van der Waals surface area contributed by atoms with Crippen LogP contribution in [-0.4, -0.2) is 10.2 Å². The van der Waals surface area contributed by atoms with Crippen LogP contribution in [0.4, 0.5) is 0 Å². The van der Waals surface area contributed by atoms with Gasteiger partial charge in [-0.05, 0) is 42.8 Å². The fourth-order valence-corrected chi connectivity index (χ4v) is 1.92. The van der Waals surface area contributed by atoms with Crippen LogP contribution in [0.15, 0.2) is 34.8 Å². The van der Waals surface area contributed by atoms with Crippen LogP contribution in [0.5, 0.6) is 5.75 Å². The summed E-state index contributed by atoms with van der Waals surface area (Å²) >= 11 is 9.06. The fraction of sp³-hybridized carbons (Fsp3) is 0.167. The van der Waals surface area contributed by atoms with E-state index in [0.717, 1.165) is 21.5 Å². The van der Waals surface area contributed by atoms with Crippen molar-refractivity contribution in [2.45, 2.75) is 13.5 Å². The van der Waals surface area contributed by atoms with E-state index in [-0.39, 0.29) is 0 Å². The van der Waals surface area contributed by atoms with Crippen LogP contribution in [0.25, 0.3) is 0 Å². The summed E-state index contributed by atoms with van der Waals surface area (Å²) in [5.41, 5.74) is 1.82. The Balaban J connectivity index is 2.04. The second kappa shape index (κ2) is 5.47. The summed E-state index contributed by atoms with van der Waals surface area (Å²) in [6, 6.07) is 9.35. The van der Waals surface area contributed by atoms with Gasteiger partial charge in [-0.25, -0.2) is 0 Å². The van der Waals surface area contributed by atoms with E-state index in [1.165, 1.54) is 0 Å². The predicted octanol–water partition coefficient (Wildman–Crippen LogP) is 3.78. The minimum atomic E-state index is 0.382. The first-order chi connectivity index (χ1) is 8.15. The van der Waals surface area contributed by atoms with Crippen LogP contribution in [-0.2, 0) is 6.61 Å². The molecule has 2 aromatic rings. The lowest BCUT2D eigenvalue weighted by Crippen LogP contribution is -2.00. The molecule has 1 aromatic carbocycles. The average Bonchev–Trinajstić information content (AvgIpc) is 2.30. The van der Waals surface area contributed by atoms with E-state index in [1.54, 1.807) is 12.1 Å². The number of hydrogen-bond donors (Lipinski definition) is 0. The van der Waals surface area contributed by atoms with Gasteiger partial charge in [0.25, 0.3) is 0 Å². The topological polar surface area (TPSA) is 35.0 Å². The lowest BCUT2D eigenvalue weighted by Gasteiger charge is -2.08. The summed E-state index contributed by atoms with van der Waals surface area (Å²) in [4.78, 5) is 0. The third-order valence-corrected chi connectivity index (χ3v) is 2.89. The van der Waals surface area contributed by atoms with Crippen molar-refractivity contribution in [3.63, 3.8) is 0 Å². The average molecular weight is 314 g/mol. The maximum absolute atomic E-state index is 5.65. The van der Waals surface area contributed by atoms with Gasteiger partial charge in [-0.15, -0.1) is 5.10 Å². The molecule has 0 aliphatic carbocycles. The van der Waals surface area contributed by atoms with E-state index in [0.29, 0.717) is 11.8 Å². The molecule has 1 aromatic heterocycles. The van der Waals surface area contributed by atoms with E-state index in [9.17, 15) is 0 Å². The molecule has 3 nitrogen and oxygen atoms in total. The molecule has 1 heterocycles. The van der Waals surface area contributed by atoms with Crippen LogP contribution < -0.4 is 4.74 Å². The molecule has 0 N–H and O–H groups in total. The number of halogens is 2. The first-order valence-electron chi connectivity index (χ1n) is 5.02. The van der Waals surface area contributed by atoms with E-state index >= 15 is 0 Å². The molecule has 0 aliphatic heterocycles. The quantitative estimate of drug-likeness (QED) is 0.865. The monoisotopic (exact) mass is 312 g/mol. The molecule has 0 aliphatic rings. The summed E-state index contributed by atoms with van der Waals surface area (Å²) in [7, 11) is 0. The zero-order valence-corrected chi connectivity index (χ0v) is 11.5. The predicted molar refractivity (Wildman–Crippen MR) is 70.3 cm³/mol. The highest BCUT2D eigenvalue weighted by Crippen LogP contribution is 2.22. The van der Waals surface area contributed by atoms with Crippen molar-refractivity contribution in [2.75, 3.05) is 0 Å². The summed E-state index contributed by atoms with van der Waals surface area (Å²) in [5, 5.41) is 8.06. The Morgan fingerprint density at radius 2 is 2.06 bits per heavy atom.